The fourth-order valence-corrected chi connectivity index (χ4v) is 2.27. The molecule has 0 aromatic heterocycles. The molecule has 1 heterocycles. The molecule has 4 heteroatoms. The number of carboxylic acids is 1. The van der Waals surface area contributed by atoms with Gasteiger partial charge in [0.25, 0.3) is 0 Å². The van der Waals surface area contributed by atoms with Gasteiger partial charge in [-0.3, -0.25) is 4.79 Å². The Labute approximate surface area is 103 Å². The Bertz CT molecular complexity index is 301. The molecule has 1 fully saturated rings. The average molecular weight is 244 g/mol. The fraction of sp³-hybridized carbons (Fsp3) is 0.923. The molecule has 0 aromatic carbocycles. The van der Waals surface area contributed by atoms with E-state index in [0.717, 1.165) is 6.42 Å². The van der Waals surface area contributed by atoms with Crippen molar-refractivity contribution in [3.8, 4) is 0 Å². The minimum atomic E-state index is -0.782. The Morgan fingerprint density at radius 3 is 2.06 bits per heavy atom. The number of carbonyl (C=O) groups is 1. The van der Waals surface area contributed by atoms with E-state index in [2.05, 4.69) is 0 Å². The first-order valence-electron chi connectivity index (χ1n) is 6.11. The topological polar surface area (TPSA) is 55.8 Å². The summed E-state index contributed by atoms with van der Waals surface area (Å²) < 4.78 is 11.4. The summed E-state index contributed by atoms with van der Waals surface area (Å²) in [6.07, 6.45) is 1.05. The van der Waals surface area contributed by atoms with E-state index in [0.29, 0.717) is 6.42 Å². The van der Waals surface area contributed by atoms with Crippen molar-refractivity contribution in [1.29, 1.82) is 0 Å². The maximum absolute atomic E-state index is 11.2. The van der Waals surface area contributed by atoms with Crippen LogP contribution in [0.5, 0.6) is 0 Å². The lowest BCUT2D eigenvalue weighted by molar-refractivity contribution is -0.465. The van der Waals surface area contributed by atoms with E-state index >= 15 is 0 Å². The molecule has 1 atom stereocenters. The molecule has 1 aliphatic rings. The monoisotopic (exact) mass is 244 g/mol. The minimum absolute atomic E-state index is 0.266. The molecule has 0 saturated carbocycles. The molecule has 0 aromatic rings. The molecule has 0 bridgehead atoms. The van der Waals surface area contributed by atoms with E-state index in [4.69, 9.17) is 9.47 Å². The summed E-state index contributed by atoms with van der Waals surface area (Å²) in [7, 11) is 0. The molecule has 4 nitrogen and oxygen atoms in total. The molecule has 17 heavy (non-hydrogen) atoms. The summed E-state index contributed by atoms with van der Waals surface area (Å²) in [5.74, 6) is -1.31. The predicted octanol–water partition coefficient (Wildman–Crippen LogP) is 3.01. The summed E-state index contributed by atoms with van der Waals surface area (Å²) >= 11 is 0. The Morgan fingerprint density at radius 1 is 1.29 bits per heavy atom. The van der Waals surface area contributed by atoms with Crippen LogP contribution in [0.2, 0.25) is 0 Å². The van der Waals surface area contributed by atoms with Gasteiger partial charge in [0.15, 0.2) is 12.1 Å². The molecule has 0 radical (unpaired) electrons. The maximum atomic E-state index is 11.2. The van der Waals surface area contributed by atoms with Gasteiger partial charge in [0, 0.05) is 5.41 Å². The molecule has 1 unspecified atom stereocenters. The van der Waals surface area contributed by atoms with Crippen molar-refractivity contribution in [3.63, 3.8) is 0 Å². The average Bonchev–Trinajstić information content (AvgIpc) is 2.13. The molecule has 1 saturated heterocycles. The van der Waals surface area contributed by atoms with Gasteiger partial charge in [-0.2, -0.15) is 0 Å². The molecule has 1 rings (SSSR count). The standard InChI is InChI=1S/C13H24O4/c1-7-13(6,8-11(2,3)9(14)15)10-16-12(4,5)17-10/h10H,7-8H2,1-6H3,(H,14,15). The molecule has 100 valence electrons. The zero-order chi connectivity index (χ0) is 13.5. The Balaban J connectivity index is 2.74. The molecular weight excluding hydrogens is 220 g/mol. The van der Waals surface area contributed by atoms with Crippen LogP contribution in [-0.2, 0) is 14.3 Å². The van der Waals surface area contributed by atoms with Crippen molar-refractivity contribution < 1.29 is 19.4 Å². The van der Waals surface area contributed by atoms with Gasteiger partial charge >= 0.3 is 5.97 Å². The van der Waals surface area contributed by atoms with Crippen LogP contribution < -0.4 is 0 Å². The third-order valence-electron chi connectivity index (χ3n) is 3.58. The molecular formula is C13H24O4. The van der Waals surface area contributed by atoms with Crippen molar-refractivity contribution in [2.75, 3.05) is 0 Å². The van der Waals surface area contributed by atoms with Crippen LogP contribution in [-0.4, -0.2) is 23.2 Å². The van der Waals surface area contributed by atoms with Gasteiger partial charge in [0.2, 0.25) is 0 Å². The van der Waals surface area contributed by atoms with Gasteiger partial charge in [0.1, 0.15) is 0 Å². The highest BCUT2D eigenvalue weighted by molar-refractivity contribution is 5.73. The zero-order valence-corrected chi connectivity index (χ0v) is 11.7. The molecule has 1 N–H and O–H groups in total. The molecule has 0 spiro atoms. The number of hydrogen-bond acceptors (Lipinski definition) is 3. The number of hydrogen-bond donors (Lipinski definition) is 1. The normalized spacial score (nSPS) is 23.9. The summed E-state index contributed by atoms with van der Waals surface area (Å²) in [6.45, 7) is 11.3. The second-order valence-corrected chi connectivity index (χ2v) is 6.34. The highest BCUT2D eigenvalue weighted by atomic mass is 16.9. The largest absolute Gasteiger partial charge is 0.481 e. The van der Waals surface area contributed by atoms with Gasteiger partial charge in [-0.15, -0.1) is 0 Å². The summed E-state index contributed by atoms with van der Waals surface area (Å²) in [6, 6.07) is 0. The lowest BCUT2D eigenvalue weighted by atomic mass is 9.71. The second kappa shape index (κ2) is 4.25. The van der Waals surface area contributed by atoms with Crippen LogP contribution >= 0.6 is 0 Å². The highest BCUT2D eigenvalue weighted by Crippen LogP contribution is 2.47. The number of carboxylic acid groups (broad SMARTS) is 1. The molecule has 1 aliphatic heterocycles. The minimum Gasteiger partial charge on any atom is -0.481 e. The first kappa shape index (κ1) is 14.5. The van der Waals surface area contributed by atoms with Crippen molar-refractivity contribution in [2.45, 2.75) is 66.5 Å². The third kappa shape index (κ3) is 2.99. The Kier molecular flexibility index (Phi) is 3.61. The summed E-state index contributed by atoms with van der Waals surface area (Å²) in [5.41, 5.74) is -1.03. The number of aliphatic carboxylic acids is 1. The second-order valence-electron chi connectivity index (χ2n) is 6.34. The van der Waals surface area contributed by atoms with E-state index in [9.17, 15) is 9.90 Å². The van der Waals surface area contributed by atoms with Gasteiger partial charge in [-0.05, 0) is 40.5 Å². The van der Waals surface area contributed by atoms with Crippen LogP contribution in [0.25, 0.3) is 0 Å². The smallest absolute Gasteiger partial charge is 0.309 e. The Hall–Kier alpha value is -0.610. The van der Waals surface area contributed by atoms with E-state index in [-0.39, 0.29) is 11.7 Å². The highest BCUT2D eigenvalue weighted by Gasteiger charge is 2.51. The zero-order valence-electron chi connectivity index (χ0n) is 11.7. The van der Waals surface area contributed by atoms with Crippen LogP contribution in [0.4, 0.5) is 0 Å². The maximum Gasteiger partial charge on any atom is 0.309 e. The molecule has 0 amide bonds. The number of rotatable bonds is 5. The first-order chi connectivity index (χ1) is 7.52. The lowest BCUT2D eigenvalue weighted by Gasteiger charge is -2.52. The SMILES string of the molecule is CCC(C)(CC(C)(C)C(=O)O)C1OC(C)(C)O1. The van der Waals surface area contributed by atoms with Gasteiger partial charge in [0.05, 0.1) is 5.41 Å². The van der Waals surface area contributed by atoms with E-state index < -0.39 is 17.2 Å². The van der Waals surface area contributed by atoms with Gasteiger partial charge in [-0.1, -0.05) is 13.8 Å². The fourth-order valence-electron chi connectivity index (χ4n) is 2.27. The van der Waals surface area contributed by atoms with E-state index in [1.165, 1.54) is 0 Å². The quantitative estimate of drug-likeness (QED) is 0.807. The van der Waals surface area contributed by atoms with Crippen molar-refractivity contribution >= 4 is 5.97 Å². The van der Waals surface area contributed by atoms with E-state index in [1.807, 2.05) is 27.7 Å². The van der Waals surface area contributed by atoms with Crippen molar-refractivity contribution in [2.24, 2.45) is 10.8 Å². The van der Waals surface area contributed by atoms with Gasteiger partial charge < -0.3 is 14.6 Å². The predicted molar refractivity (Wildman–Crippen MR) is 64.5 cm³/mol. The third-order valence-corrected chi connectivity index (χ3v) is 3.58. The lowest BCUT2D eigenvalue weighted by Crippen LogP contribution is -2.57. The van der Waals surface area contributed by atoms with Crippen LogP contribution in [0, 0.1) is 10.8 Å². The van der Waals surface area contributed by atoms with Crippen LogP contribution in [0.15, 0.2) is 0 Å². The summed E-state index contributed by atoms with van der Waals surface area (Å²) in [4.78, 5) is 11.2. The first-order valence-corrected chi connectivity index (χ1v) is 6.11. The Morgan fingerprint density at radius 2 is 1.76 bits per heavy atom. The van der Waals surface area contributed by atoms with Crippen LogP contribution in [0.3, 0.4) is 0 Å². The van der Waals surface area contributed by atoms with Gasteiger partial charge in [-0.25, -0.2) is 0 Å². The van der Waals surface area contributed by atoms with Crippen molar-refractivity contribution in [3.05, 3.63) is 0 Å². The van der Waals surface area contributed by atoms with Crippen molar-refractivity contribution in [1.82, 2.24) is 0 Å². The summed E-state index contributed by atoms with van der Waals surface area (Å²) in [5, 5.41) is 9.19. The van der Waals surface area contributed by atoms with Crippen LogP contribution in [0.1, 0.15) is 54.4 Å². The van der Waals surface area contributed by atoms with E-state index in [1.54, 1.807) is 13.8 Å². The number of ether oxygens (including phenoxy) is 2. The molecule has 0 aliphatic carbocycles.